The molecule has 4 nitrogen and oxygen atoms in total. The molecule has 2 aromatic rings. The number of hydrogen-bond acceptors (Lipinski definition) is 3. The number of halogens is 2. The number of nitrogens with one attached hydrogen (secondary N) is 1. The summed E-state index contributed by atoms with van der Waals surface area (Å²) in [5.41, 5.74) is 1.82. The monoisotopic (exact) mass is 377 g/mol. The Kier molecular flexibility index (Phi) is 5.03. The van der Waals surface area contributed by atoms with Crippen molar-refractivity contribution < 1.29 is 9.18 Å². The molecule has 2 heterocycles. The van der Waals surface area contributed by atoms with Crippen LogP contribution in [-0.4, -0.2) is 35.4 Å². The number of benzene rings is 1. The van der Waals surface area contributed by atoms with E-state index in [2.05, 4.69) is 26.2 Å². The molecule has 23 heavy (non-hydrogen) atoms. The second kappa shape index (κ2) is 7.19. The largest absolute Gasteiger partial charge is 0.333 e. The number of amides is 1. The average molecular weight is 378 g/mol. The van der Waals surface area contributed by atoms with Gasteiger partial charge in [-0.25, -0.2) is 4.39 Å². The number of nitrogens with zero attached hydrogens (tertiary/aromatic N) is 2. The maximum Gasteiger partial charge on any atom is 0.227 e. The molecule has 1 N–H and O–H groups in total. The minimum Gasteiger partial charge on any atom is -0.333 e. The fourth-order valence-corrected chi connectivity index (χ4v) is 3.23. The fraction of sp³-hybridized carbons (Fsp3) is 0.294. The minimum atomic E-state index is -0.323. The molecule has 0 spiro atoms. The van der Waals surface area contributed by atoms with E-state index in [9.17, 15) is 9.18 Å². The number of carbonyl (C=O) groups excluding carboxylic acids is 1. The van der Waals surface area contributed by atoms with Crippen LogP contribution in [0.2, 0.25) is 0 Å². The fourth-order valence-electron chi connectivity index (χ4n) is 2.80. The molecule has 3 rings (SSSR count). The lowest BCUT2D eigenvalue weighted by molar-refractivity contribution is -0.133. The molecule has 6 heteroatoms. The number of aromatic nitrogens is 1. The third kappa shape index (κ3) is 3.76. The Morgan fingerprint density at radius 1 is 1.43 bits per heavy atom. The van der Waals surface area contributed by atoms with Gasteiger partial charge in [-0.1, -0.05) is 12.1 Å². The third-order valence-corrected chi connectivity index (χ3v) is 4.58. The highest BCUT2D eigenvalue weighted by Crippen LogP contribution is 2.23. The lowest BCUT2D eigenvalue weighted by Gasteiger charge is -2.36. The Labute approximate surface area is 142 Å². The van der Waals surface area contributed by atoms with Crippen LogP contribution in [0.1, 0.15) is 17.2 Å². The van der Waals surface area contributed by atoms with Crippen LogP contribution in [0.3, 0.4) is 0 Å². The van der Waals surface area contributed by atoms with Gasteiger partial charge in [-0.3, -0.25) is 9.78 Å². The first-order chi connectivity index (χ1) is 11.1. The summed E-state index contributed by atoms with van der Waals surface area (Å²) in [4.78, 5) is 18.7. The highest BCUT2D eigenvalue weighted by Gasteiger charge is 2.27. The van der Waals surface area contributed by atoms with Crippen LogP contribution in [-0.2, 0) is 11.2 Å². The summed E-state index contributed by atoms with van der Waals surface area (Å²) in [6.07, 6.45) is 3.78. The smallest absolute Gasteiger partial charge is 0.227 e. The second-order valence-electron chi connectivity index (χ2n) is 5.52. The van der Waals surface area contributed by atoms with Gasteiger partial charge in [0.05, 0.1) is 16.9 Å². The number of pyridine rings is 1. The van der Waals surface area contributed by atoms with Crippen molar-refractivity contribution in [2.75, 3.05) is 19.6 Å². The molecular weight excluding hydrogens is 361 g/mol. The quantitative estimate of drug-likeness (QED) is 0.894. The molecular formula is C17H17BrFN3O. The minimum absolute atomic E-state index is 0.0196. The standard InChI is InChI=1S/C17H17BrFN3O/c18-14-8-12(3-4-15(14)19)9-17(23)22-7-6-21-11-16(22)13-2-1-5-20-10-13/h1-5,8,10,16,21H,6-7,9,11H2. The van der Waals surface area contributed by atoms with Crippen LogP contribution in [0.15, 0.2) is 47.2 Å². The topological polar surface area (TPSA) is 45.2 Å². The molecule has 1 saturated heterocycles. The molecule has 0 bridgehead atoms. The van der Waals surface area contributed by atoms with E-state index in [1.165, 1.54) is 6.07 Å². The summed E-state index contributed by atoms with van der Waals surface area (Å²) in [6, 6.07) is 8.54. The molecule has 1 amide bonds. The third-order valence-electron chi connectivity index (χ3n) is 3.97. The predicted octanol–water partition coefficient (Wildman–Crippen LogP) is 2.70. The van der Waals surface area contributed by atoms with Gasteiger partial charge in [0.2, 0.25) is 5.91 Å². The molecule has 1 aromatic heterocycles. The molecule has 1 atom stereocenters. The van der Waals surface area contributed by atoms with Crippen molar-refractivity contribution in [3.8, 4) is 0 Å². The van der Waals surface area contributed by atoms with E-state index in [0.29, 0.717) is 17.6 Å². The van der Waals surface area contributed by atoms with Crippen LogP contribution < -0.4 is 5.32 Å². The van der Waals surface area contributed by atoms with E-state index >= 15 is 0 Å². The normalized spacial score (nSPS) is 18.0. The van der Waals surface area contributed by atoms with E-state index in [1.807, 2.05) is 17.0 Å². The highest BCUT2D eigenvalue weighted by atomic mass is 79.9. The molecule has 0 saturated carbocycles. The molecule has 1 aliphatic heterocycles. The second-order valence-corrected chi connectivity index (χ2v) is 6.37. The van der Waals surface area contributed by atoms with E-state index in [4.69, 9.17) is 0 Å². The summed E-state index contributed by atoms with van der Waals surface area (Å²) >= 11 is 3.16. The molecule has 1 aliphatic rings. The van der Waals surface area contributed by atoms with Gasteiger partial charge in [0.25, 0.3) is 0 Å². The number of piperazine rings is 1. The zero-order valence-corrected chi connectivity index (χ0v) is 14.1. The van der Waals surface area contributed by atoms with E-state index in [1.54, 1.807) is 24.5 Å². The van der Waals surface area contributed by atoms with Crippen molar-refractivity contribution in [2.45, 2.75) is 12.5 Å². The van der Waals surface area contributed by atoms with Gasteiger partial charge in [0.1, 0.15) is 5.82 Å². The Morgan fingerprint density at radius 3 is 3.04 bits per heavy atom. The van der Waals surface area contributed by atoms with Gasteiger partial charge >= 0.3 is 0 Å². The SMILES string of the molecule is O=C(Cc1ccc(F)c(Br)c1)N1CCNCC1c1cccnc1. The number of rotatable bonds is 3. The number of hydrogen-bond donors (Lipinski definition) is 1. The first kappa shape index (κ1) is 16.1. The van der Waals surface area contributed by atoms with E-state index in [-0.39, 0.29) is 24.2 Å². The average Bonchev–Trinajstić information content (AvgIpc) is 2.59. The van der Waals surface area contributed by atoms with E-state index in [0.717, 1.165) is 17.7 Å². The van der Waals surface area contributed by atoms with Crippen molar-refractivity contribution in [3.63, 3.8) is 0 Å². The van der Waals surface area contributed by atoms with Crippen molar-refractivity contribution in [1.29, 1.82) is 0 Å². The molecule has 0 radical (unpaired) electrons. The van der Waals surface area contributed by atoms with Gasteiger partial charge in [-0.15, -0.1) is 0 Å². The summed E-state index contributed by atoms with van der Waals surface area (Å²) in [5, 5.41) is 3.32. The molecule has 1 aromatic carbocycles. The highest BCUT2D eigenvalue weighted by molar-refractivity contribution is 9.10. The predicted molar refractivity (Wildman–Crippen MR) is 89.4 cm³/mol. The lowest BCUT2D eigenvalue weighted by Crippen LogP contribution is -2.49. The first-order valence-corrected chi connectivity index (χ1v) is 8.28. The van der Waals surface area contributed by atoms with Gasteiger partial charge in [-0.2, -0.15) is 0 Å². The van der Waals surface area contributed by atoms with Crippen molar-refractivity contribution in [3.05, 3.63) is 64.1 Å². The maximum absolute atomic E-state index is 13.3. The zero-order valence-electron chi connectivity index (χ0n) is 12.5. The summed E-state index contributed by atoms with van der Waals surface area (Å²) < 4.78 is 13.7. The maximum atomic E-state index is 13.3. The Bertz CT molecular complexity index is 695. The van der Waals surface area contributed by atoms with Crippen LogP contribution in [0, 0.1) is 5.82 Å². The first-order valence-electron chi connectivity index (χ1n) is 7.49. The molecule has 120 valence electrons. The zero-order chi connectivity index (χ0) is 16.2. The van der Waals surface area contributed by atoms with Crippen LogP contribution in [0.4, 0.5) is 4.39 Å². The Hall–Kier alpha value is -1.79. The van der Waals surface area contributed by atoms with Gasteiger partial charge in [0.15, 0.2) is 0 Å². The molecule has 1 fully saturated rings. The summed E-state index contributed by atoms with van der Waals surface area (Å²) in [6.45, 7) is 2.14. The van der Waals surface area contributed by atoms with Crippen LogP contribution in [0.25, 0.3) is 0 Å². The Balaban J connectivity index is 1.77. The lowest BCUT2D eigenvalue weighted by atomic mass is 10.0. The summed E-state index contributed by atoms with van der Waals surface area (Å²) in [5.74, 6) is -0.282. The van der Waals surface area contributed by atoms with Gasteiger partial charge in [-0.05, 0) is 45.3 Å². The van der Waals surface area contributed by atoms with Crippen LogP contribution >= 0.6 is 15.9 Å². The molecule has 0 aliphatic carbocycles. The Morgan fingerprint density at radius 2 is 2.30 bits per heavy atom. The van der Waals surface area contributed by atoms with Crippen molar-refractivity contribution in [2.24, 2.45) is 0 Å². The summed E-state index contributed by atoms with van der Waals surface area (Å²) in [7, 11) is 0. The van der Waals surface area contributed by atoms with Crippen LogP contribution in [0.5, 0.6) is 0 Å². The molecule has 1 unspecified atom stereocenters. The van der Waals surface area contributed by atoms with E-state index < -0.39 is 0 Å². The van der Waals surface area contributed by atoms with Crippen molar-refractivity contribution in [1.82, 2.24) is 15.2 Å². The van der Waals surface area contributed by atoms with Crippen molar-refractivity contribution >= 4 is 21.8 Å². The van der Waals surface area contributed by atoms with Gasteiger partial charge in [0, 0.05) is 32.0 Å². The van der Waals surface area contributed by atoms with Gasteiger partial charge < -0.3 is 10.2 Å². The number of carbonyl (C=O) groups is 1.